The molecule has 114 valence electrons. The fourth-order valence-electron chi connectivity index (χ4n) is 3.50. The van der Waals surface area contributed by atoms with Crippen LogP contribution in [0.2, 0.25) is 0 Å². The second-order valence-electron chi connectivity index (χ2n) is 6.34. The van der Waals surface area contributed by atoms with Gasteiger partial charge in [0.25, 0.3) is 0 Å². The van der Waals surface area contributed by atoms with E-state index in [1.807, 2.05) is 17.0 Å². The van der Waals surface area contributed by atoms with Crippen LogP contribution in [0.1, 0.15) is 31.7 Å². The van der Waals surface area contributed by atoms with Crippen LogP contribution >= 0.6 is 0 Å². The summed E-state index contributed by atoms with van der Waals surface area (Å²) >= 11 is 0. The van der Waals surface area contributed by atoms with Crippen LogP contribution in [0.3, 0.4) is 0 Å². The number of carbonyl (C=O) groups is 1. The first-order valence-electron chi connectivity index (χ1n) is 7.84. The smallest absolute Gasteiger partial charge is 0.233 e. The number of hydrogen-bond donors (Lipinski definition) is 1. The Labute approximate surface area is 126 Å². The fraction of sp³-hybridized carbons (Fsp3) is 0.588. The van der Waals surface area contributed by atoms with Gasteiger partial charge in [0.15, 0.2) is 0 Å². The van der Waals surface area contributed by atoms with Gasteiger partial charge in [-0.15, -0.1) is 0 Å². The van der Waals surface area contributed by atoms with E-state index in [0.717, 1.165) is 56.8 Å². The van der Waals surface area contributed by atoms with Crippen LogP contribution in [0.4, 0.5) is 5.69 Å². The number of nitrogens with one attached hydrogen (secondary N) is 1. The molecular formula is C17H24N2O2. The molecule has 0 radical (unpaired) electrons. The molecule has 0 aromatic heterocycles. The van der Waals surface area contributed by atoms with Crippen molar-refractivity contribution in [3.05, 3.63) is 23.8 Å². The van der Waals surface area contributed by atoms with E-state index < -0.39 is 0 Å². The zero-order chi connectivity index (χ0) is 14.9. The van der Waals surface area contributed by atoms with Gasteiger partial charge in [0.05, 0.1) is 12.8 Å². The largest absolute Gasteiger partial charge is 0.495 e. The van der Waals surface area contributed by atoms with E-state index in [4.69, 9.17) is 4.74 Å². The van der Waals surface area contributed by atoms with Crippen LogP contribution < -0.4 is 15.0 Å². The van der Waals surface area contributed by atoms with Gasteiger partial charge in [-0.25, -0.2) is 0 Å². The summed E-state index contributed by atoms with van der Waals surface area (Å²) < 4.78 is 5.51. The number of piperidine rings is 1. The third-order valence-corrected chi connectivity index (χ3v) is 4.87. The number of ether oxygens (including phenoxy) is 1. The highest BCUT2D eigenvalue weighted by atomic mass is 16.5. The molecule has 1 aromatic carbocycles. The van der Waals surface area contributed by atoms with Crippen molar-refractivity contribution in [2.45, 2.75) is 32.6 Å². The lowest BCUT2D eigenvalue weighted by Crippen LogP contribution is -2.49. The second kappa shape index (κ2) is 5.68. The van der Waals surface area contributed by atoms with Crippen LogP contribution in [0, 0.1) is 5.41 Å². The molecule has 1 amide bonds. The molecule has 3 rings (SSSR count). The molecule has 1 fully saturated rings. The van der Waals surface area contributed by atoms with Crippen molar-refractivity contribution in [3.63, 3.8) is 0 Å². The van der Waals surface area contributed by atoms with Crippen molar-refractivity contribution in [2.75, 3.05) is 31.6 Å². The number of nitrogens with zero attached hydrogens (tertiary/aromatic N) is 1. The van der Waals surface area contributed by atoms with E-state index in [-0.39, 0.29) is 11.3 Å². The molecule has 0 atom stereocenters. The lowest BCUT2D eigenvalue weighted by molar-refractivity contribution is -0.128. The number of aryl methyl sites for hydroxylation is 1. The molecule has 0 unspecified atom stereocenters. The molecule has 0 saturated carbocycles. The number of benzene rings is 1. The van der Waals surface area contributed by atoms with Gasteiger partial charge in [0, 0.05) is 12.0 Å². The van der Waals surface area contributed by atoms with Gasteiger partial charge in [-0.3, -0.25) is 4.79 Å². The summed E-state index contributed by atoms with van der Waals surface area (Å²) in [6.07, 6.45) is 3.87. The Balaban J connectivity index is 1.96. The Morgan fingerprint density at radius 1 is 1.33 bits per heavy atom. The van der Waals surface area contributed by atoms with E-state index in [1.54, 1.807) is 7.11 Å². The van der Waals surface area contributed by atoms with E-state index in [9.17, 15) is 4.79 Å². The molecule has 4 heteroatoms. The zero-order valence-electron chi connectivity index (χ0n) is 12.9. The summed E-state index contributed by atoms with van der Waals surface area (Å²) in [5, 5.41) is 3.34. The van der Waals surface area contributed by atoms with Crippen molar-refractivity contribution in [1.82, 2.24) is 5.32 Å². The number of para-hydroxylation sites is 1. The van der Waals surface area contributed by atoms with Gasteiger partial charge in [0.1, 0.15) is 5.75 Å². The third kappa shape index (κ3) is 2.53. The first kappa shape index (κ1) is 14.4. The number of amides is 1. The van der Waals surface area contributed by atoms with Crippen LogP contribution in [-0.4, -0.2) is 32.7 Å². The van der Waals surface area contributed by atoms with E-state index in [1.165, 1.54) is 5.56 Å². The SMILES string of the molecule is COc1cccc2c1N(C(=O)C1(C)CCNCC1)CCC2. The first-order chi connectivity index (χ1) is 10.2. The lowest BCUT2D eigenvalue weighted by atomic mass is 9.79. The highest BCUT2D eigenvalue weighted by Crippen LogP contribution is 2.40. The quantitative estimate of drug-likeness (QED) is 0.908. The highest BCUT2D eigenvalue weighted by molar-refractivity contribution is 5.99. The minimum absolute atomic E-state index is 0.249. The Morgan fingerprint density at radius 2 is 2.10 bits per heavy atom. The molecule has 0 aliphatic carbocycles. The monoisotopic (exact) mass is 288 g/mol. The summed E-state index contributed by atoms with van der Waals surface area (Å²) in [6.45, 7) is 4.76. The van der Waals surface area contributed by atoms with Crippen molar-refractivity contribution in [2.24, 2.45) is 5.41 Å². The molecule has 4 nitrogen and oxygen atoms in total. The molecule has 21 heavy (non-hydrogen) atoms. The summed E-state index contributed by atoms with van der Waals surface area (Å²) in [5.74, 6) is 1.08. The molecule has 0 spiro atoms. The second-order valence-corrected chi connectivity index (χ2v) is 6.34. The number of methoxy groups -OCH3 is 1. The van der Waals surface area contributed by atoms with Gasteiger partial charge < -0.3 is 15.0 Å². The summed E-state index contributed by atoms with van der Waals surface area (Å²) in [6, 6.07) is 6.08. The van der Waals surface area contributed by atoms with E-state index in [2.05, 4.69) is 18.3 Å². The normalized spacial score (nSPS) is 20.8. The van der Waals surface area contributed by atoms with Crippen LogP contribution in [0.5, 0.6) is 5.75 Å². The number of fused-ring (bicyclic) bond motifs is 1. The Morgan fingerprint density at radius 3 is 2.81 bits per heavy atom. The van der Waals surface area contributed by atoms with Crippen LogP contribution in [0.15, 0.2) is 18.2 Å². The molecule has 1 saturated heterocycles. The molecule has 1 N–H and O–H groups in total. The zero-order valence-corrected chi connectivity index (χ0v) is 12.9. The van der Waals surface area contributed by atoms with Crippen molar-refractivity contribution < 1.29 is 9.53 Å². The summed E-state index contributed by atoms with van der Waals surface area (Å²) in [4.78, 5) is 15.1. The topological polar surface area (TPSA) is 41.6 Å². The average Bonchev–Trinajstić information content (AvgIpc) is 2.53. The Kier molecular flexibility index (Phi) is 3.89. The van der Waals surface area contributed by atoms with Gasteiger partial charge in [-0.1, -0.05) is 19.1 Å². The minimum atomic E-state index is -0.249. The first-order valence-corrected chi connectivity index (χ1v) is 7.84. The molecule has 0 bridgehead atoms. The number of carbonyl (C=O) groups excluding carboxylic acids is 1. The maximum atomic E-state index is 13.1. The third-order valence-electron chi connectivity index (χ3n) is 4.87. The molecule has 1 aromatic rings. The molecule has 2 aliphatic rings. The van der Waals surface area contributed by atoms with Crippen molar-refractivity contribution in [3.8, 4) is 5.75 Å². The Bertz CT molecular complexity index is 521. The van der Waals surface area contributed by atoms with E-state index >= 15 is 0 Å². The predicted octanol–water partition coefficient (Wildman–Crippen LogP) is 2.36. The van der Waals surface area contributed by atoms with Gasteiger partial charge in [0.2, 0.25) is 5.91 Å². The summed E-state index contributed by atoms with van der Waals surface area (Å²) in [5.41, 5.74) is 1.98. The van der Waals surface area contributed by atoms with Gasteiger partial charge in [-0.2, -0.15) is 0 Å². The minimum Gasteiger partial charge on any atom is -0.495 e. The molecule has 2 heterocycles. The van der Waals surface area contributed by atoms with Crippen molar-refractivity contribution in [1.29, 1.82) is 0 Å². The number of anilines is 1. The lowest BCUT2D eigenvalue weighted by Gasteiger charge is -2.40. The molecule has 2 aliphatic heterocycles. The van der Waals surface area contributed by atoms with Crippen molar-refractivity contribution >= 4 is 11.6 Å². The standard InChI is InChI=1S/C17H24N2O2/c1-17(8-10-18-11-9-17)16(20)19-12-4-6-13-5-3-7-14(21-2)15(13)19/h3,5,7,18H,4,6,8-12H2,1-2H3. The maximum absolute atomic E-state index is 13.1. The Hall–Kier alpha value is -1.55. The maximum Gasteiger partial charge on any atom is 0.233 e. The molecular weight excluding hydrogens is 264 g/mol. The number of hydrogen-bond acceptors (Lipinski definition) is 3. The average molecular weight is 288 g/mol. The number of rotatable bonds is 2. The van der Waals surface area contributed by atoms with Gasteiger partial charge >= 0.3 is 0 Å². The van der Waals surface area contributed by atoms with Gasteiger partial charge in [-0.05, 0) is 50.4 Å². The highest BCUT2D eigenvalue weighted by Gasteiger charge is 2.40. The van der Waals surface area contributed by atoms with Crippen LogP contribution in [-0.2, 0) is 11.2 Å². The predicted molar refractivity (Wildman–Crippen MR) is 83.9 cm³/mol. The van der Waals surface area contributed by atoms with Crippen LogP contribution in [0.25, 0.3) is 0 Å². The fourth-order valence-corrected chi connectivity index (χ4v) is 3.50. The summed E-state index contributed by atoms with van der Waals surface area (Å²) in [7, 11) is 1.68. The van der Waals surface area contributed by atoms with E-state index in [0.29, 0.717) is 0 Å².